The SMILES string of the molecule is CC(C)(Cc1ccccc1Cl)NC(=O)c1cccc(S(=O)(=O)N2CCOCC2)c1. The molecule has 0 aliphatic carbocycles. The van der Waals surface area contributed by atoms with Gasteiger partial charge in [0.25, 0.3) is 5.91 Å². The highest BCUT2D eigenvalue weighted by Gasteiger charge is 2.28. The van der Waals surface area contributed by atoms with E-state index in [1.165, 1.54) is 16.4 Å². The second-order valence-electron chi connectivity index (χ2n) is 7.65. The van der Waals surface area contributed by atoms with Gasteiger partial charge in [0.1, 0.15) is 0 Å². The second-order valence-corrected chi connectivity index (χ2v) is 10.00. The van der Waals surface area contributed by atoms with Crippen LogP contribution in [0, 0.1) is 0 Å². The van der Waals surface area contributed by atoms with Crippen LogP contribution in [0.3, 0.4) is 0 Å². The molecule has 2 aromatic carbocycles. The molecular weight excluding hydrogens is 412 g/mol. The van der Waals surface area contributed by atoms with Gasteiger partial charge in [-0.3, -0.25) is 4.79 Å². The Kier molecular flexibility index (Phi) is 6.63. The average Bonchev–Trinajstić information content (AvgIpc) is 2.70. The molecule has 8 heteroatoms. The summed E-state index contributed by atoms with van der Waals surface area (Å²) in [5.41, 5.74) is 0.663. The molecule has 0 bridgehead atoms. The van der Waals surface area contributed by atoms with Crippen LogP contribution in [0.15, 0.2) is 53.4 Å². The molecular formula is C21H25ClN2O4S. The molecule has 1 amide bonds. The van der Waals surface area contributed by atoms with Crippen LogP contribution in [0.5, 0.6) is 0 Å². The summed E-state index contributed by atoms with van der Waals surface area (Å²) in [4.78, 5) is 12.9. The van der Waals surface area contributed by atoms with E-state index >= 15 is 0 Å². The minimum Gasteiger partial charge on any atom is -0.379 e. The van der Waals surface area contributed by atoms with Gasteiger partial charge in [0.15, 0.2) is 0 Å². The molecule has 156 valence electrons. The Labute approximate surface area is 176 Å². The lowest BCUT2D eigenvalue weighted by molar-refractivity contribution is 0.0730. The van der Waals surface area contributed by atoms with Gasteiger partial charge in [-0.1, -0.05) is 35.9 Å². The molecule has 1 saturated heterocycles. The molecule has 0 atom stereocenters. The van der Waals surface area contributed by atoms with Crippen LogP contribution in [0.2, 0.25) is 5.02 Å². The van der Waals surface area contributed by atoms with Gasteiger partial charge in [0.05, 0.1) is 18.1 Å². The van der Waals surface area contributed by atoms with Crippen LogP contribution < -0.4 is 5.32 Å². The maximum atomic E-state index is 12.8. The molecule has 0 spiro atoms. The summed E-state index contributed by atoms with van der Waals surface area (Å²) in [6.07, 6.45) is 0.546. The van der Waals surface area contributed by atoms with Crippen molar-refractivity contribution in [2.75, 3.05) is 26.3 Å². The Balaban J connectivity index is 1.76. The number of amides is 1. The van der Waals surface area contributed by atoms with Gasteiger partial charge in [-0.05, 0) is 50.1 Å². The number of ether oxygens (including phenoxy) is 1. The van der Waals surface area contributed by atoms with Crippen LogP contribution in [-0.4, -0.2) is 50.5 Å². The maximum Gasteiger partial charge on any atom is 0.251 e. The average molecular weight is 437 g/mol. The molecule has 3 rings (SSSR count). The fourth-order valence-corrected chi connectivity index (χ4v) is 4.93. The molecule has 1 aliphatic rings. The molecule has 29 heavy (non-hydrogen) atoms. The maximum absolute atomic E-state index is 12.8. The fraction of sp³-hybridized carbons (Fsp3) is 0.381. The first kappa shape index (κ1) is 21.8. The summed E-state index contributed by atoms with van der Waals surface area (Å²) in [6.45, 7) is 5.17. The Morgan fingerprint density at radius 1 is 1.14 bits per heavy atom. The molecule has 0 radical (unpaired) electrons. The summed E-state index contributed by atoms with van der Waals surface area (Å²) >= 11 is 6.24. The Bertz CT molecular complexity index is 986. The van der Waals surface area contributed by atoms with Gasteiger partial charge >= 0.3 is 0 Å². The molecule has 1 aliphatic heterocycles. The predicted octanol–water partition coefficient (Wildman–Crippen LogP) is 3.11. The quantitative estimate of drug-likeness (QED) is 0.754. The van der Waals surface area contributed by atoms with E-state index in [-0.39, 0.29) is 10.8 Å². The number of nitrogens with one attached hydrogen (secondary N) is 1. The number of nitrogens with zero attached hydrogens (tertiary/aromatic N) is 1. The predicted molar refractivity (Wildman–Crippen MR) is 113 cm³/mol. The number of sulfonamides is 1. The largest absolute Gasteiger partial charge is 0.379 e. The smallest absolute Gasteiger partial charge is 0.251 e. The van der Waals surface area contributed by atoms with E-state index in [1.54, 1.807) is 12.1 Å². The zero-order valence-electron chi connectivity index (χ0n) is 16.5. The Hall–Kier alpha value is -1.93. The van der Waals surface area contributed by atoms with Crippen molar-refractivity contribution in [2.24, 2.45) is 0 Å². The molecule has 1 heterocycles. The molecule has 0 unspecified atom stereocenters. The highest BCUT2D eigenvalue weighted by Crippen LogP contribution is 2.22. The van der Waals surface area contributed by atoms with Crippen LogP contribution in [0.25, 0.3) is 0 Å². The minimum atomic E-state index is -3.66. The number of hydrogen-bond acceptors (Lipinski definition) is 4. The van der Waals surface area contributed by atoms with Crippen molar-refractivity contribution in [3.63, 3.8) is 0 Å². The normalized spacial score (nSPS) is 15.8. The van der Waals surface area contributed by atoms with Gasteiger partial charge in [-0.2, -0.15) is 4.31 Å². The van der Waals surface area contributed by atoms with E-state index in [4.69, 9.17) is 16.3 Å². The van der Waals surface area contributed by atoms with Crippen molar-refractivity contribution in [1.82, 2.24) is 9.62 Å². The van der Waals surface area contributed by atoms with E-state index in [0.29, 0.717) is 43.3 Å². The van der Waals surface area contributed by atoms with E-state index < -0.39 is 15.6 Å². The molecule has 2 aromatic rings. The van der Waals surface area contributed by atoms with Gasteiger partial charge in [0.2, 0.25) is 10.0 Å². The van der Waals surface area contributed by atoms with Gasteiger partial charge in [-0.25, -0.2) is 8.42 Å². The van der Waals surface area contributed by atoms with Gasteiger partial charge in [-0.15, -0.1) is 0 Å². The zero-order chi connectivity index (χ0) is 21.1. The van der Waals surface area contributed by atoms with Crippen molar-refractivity contribution in [3.05, 3.63) is 64.7 Å². The highest BCUT2D eigenvalue weighted by atomic mass is 35.5. The summed E-state index contributed by atoms with van der Waals surface area (Å²) < 4.78 is 32.3. The third kappa shape index (κ3) is 5.36. The van der Waals surface area contributed by atoms with E-state index in [9.17, 15) is 13.2 Å². The van der Waals surface area contributed by atoms with Crippen molar-refractivity contribution < 1.29 is 17.9 Å². The van der Waals surface area contributed by atoms with Crippen LogP contribution in [-0.2, 0) is 21.2 Å². The Morgan fingerprint density at radius 2 is 1.83 bits per heavy atom. The van der Waals surface area contributed by atoms with Crippen molar-refractivity contribution in [1.29, 1.82) is 0 Å². The lowest BCUT2D eigenvalue weighted by Gasteiger charge is -2.27. The van der Waals surface area contributed by atoms with Crippen LogP contribution in [0.4, 0.5) is 0 Å². The molecule has 0 saturated carbocycles. The lowest BCUT2D eigenvalue weighted by Crippen LogP contribution is -2.45. The third-order valence-corrected chi connectivity index (χ3v) is 7.01. The third-order valence-electron chi connectivity index (χ3n) is 4.75. The number of hydrogen-bond donors (Lipinski definition) is 1. The van der Waals surface area contributed by atoms with Crippen molar-refractivity contribution in [3.8, 4) is 0 Å². The molecule has 0 aromatic heterocycles. The van der Waals surface area contributed by atoms with Crippen LogP contribution in [0.1, 0.15) is 29.8 Å². The monoisotopic (exact) mass is 436 g/mol. The number of morpholine rings is 1. The van der Waals surface area contributed by atoms with E-state index in [2.05, 4.69) is 5.32 Å². The fourth-order valence-electron chi connectivity index (χ4n) is 3.28. The zero-order valence-corrected chi connectivity index (χ0v) is 18.1. The standard InChI is InChI=1S/C21H25ClN2O4S/c1-21(2,15-17-6-3-4-9-19(17)22)23-20(25)16-7-5-8-18(14-16)29(26,27)24-10-12-28-13-11-24/h3-9,14H,10-13,15H2,1-2H3,(H,23,25). The van der Waals surface area contributed by atoms with Crippen LogP contribution >= 0.6 is 11.6 Å². The van der Waals surface area contributed by atoms with Gasteiger partial charge < -0.3 is 10.1 Å². The topological polar surface area (TPSA) is 75.7 Å². The Morgan fingerprint density at radius 3 is 2.52 bits per heavy atom. The number of carbonyl (C=O) groups excluding carboxylic acids is 1. The first-order valence-electron chi connectivity index (χ1n) is 9.43. The summed E-state index contributed by atoms with van der Waals surface area (Å²) in [5.74, 6) is -0.332. The van der Waals surface area contributed by atoms with Gasteiger partial charge in [0, 0.05) is 29.2 Å². The van der Waals surface area contributed by atoms with Crippen molar-refractivity contribution >= 4 is 27.5 Å². The molecule has 1 N–H and O–H groups in total. The lowest BCUT2D eigenvalue weighted by atomic mass is 9.94. The molecule has 6 nitrogen and oxygen atoms in total. The van der Waals surface area contributed by atoms with E-state index in [0.717, 1.165) is 5.56 Å². The summed E-state index contributed by atoms with van der Waals surface area (Å²) in [5, 5.41) is 3.63. The number of carbonyl (C=O) groups is 1. The van der Waals surface area contributed by atoms with Crippen molar-refractivity contribution in [2.45, 2.75) is 30.7 Å². The molecule has 1 fully saturated rings. The van der Waals surface area contributed by atoms with E-state index in [1.807, 2.05) is 38.1 Å². The minimum absolute atomic E-state index is 0.107. The summed E-state index contributed by atoms with van der Waals surface area (Å²) in [7, 11) is -3.66. The summed E-state index contributed by atoms with van der Waals surface area (Å²) in [6, 6.07) is 13.6. The number of halogens is 1. The first-order chi connectivity index (χ1) is 13.7. The number of benzene rings is 2. The second kappa shape index (κ2) is 8.83. The first-order valence-corrected chi connectivity index (χ1v) is 11.2. The number of rotatable bonds is 6. The highest BCUT2D eigenvalue weighted by molar-refractivity contribution is 7.89.